The molecule has 0 N–H and O–H groups in total. The molecule has 0 fully saturated rings. The highest BCUT2D eigenvalue weighted by Gasteiger charge is 2.38. The fourth-order valence-electron chi connectivity index (χ4n) is 4.23. The maximum Gasteiger partial charge on any atom is 0.634 e. The minimum absolute atomic E-state index is 0.499. The summed E-state index contributed by atoms with van der Waals surface area (Å²) in [6.07, 6.45) is 0. The first-order chi connectivity index (χ1) is 14.0. The smallest absolute Gasteiger partial charge is 0.519 e. The zero-order valence-electron chi connectivity index (χ0n) is 17.1. The molecule has 144 valence electrons. The van der Waals surface area contributed by atoms with E-state index in [2.05, 4.69) is 80.5 Å². The molecule has 0 saturated carbocycles. The van der Waals surface area contributed by atoms with Crippen molar-refractivity contribution < 1.29 is 9.31 Å². The van der Waals surface area contributed by atoms with Gasteiger partial charge in [0.25, 0.3) is 0 Å². The van der Waals surface area contributed by atoms with E-state index in [0.29, 0.717) is 0 Å². The zero-order chi connectivity index (χ0) is 20.1. The maximum absolute atomic E-state index is 6.32. The van der Waals surface area contributed by atoms with Crippen molar-refractivity contribution in [2.24, 2.45) is 0 Å². The third-order valence-corrected chi connectivity index (χ3v) is 5.52. The SMILES string of the molecule is CN(C)c1cccc2cc3cccc(N(C)C)c3c(B3Oc4ccccc4O3)c12. The van der Waals surface area contributed by atoms with Crippen LogP contribution in [0.2, 0.25) is 0 Å². The minimum atomic E-state index is -0.499. The molecule has 0 bridgehead atoms. The van der Waals surface area contributed by atoms with Gasteiger partial charge in [0.15, 0.2) is 0 Å². The lowest BCUT2D eigenvalue weighted by atomic mass is 9.72. The van der Waals surface area contributed by atoms with Crippen LogP contribution in [0, 0.1) is 0 Å². The summed E-state index contributed by atoms with van der Waals surface area (Å²) in [7, 11) is 7.80. The average molecular weight is 382 g/mol. The summed E-state index contributed by atoms with van der Waals surface area (Å²) in [4.78, 5) is 4.30. The van der Waals surface area contributed by atoms with Gasteiger partial charge in [0.2, 0.25) is 0 Å². The van der Waals surface area contributed by atoms with Gasteiger partial charge in [-0.05, 0) is 41.1 Å². The van der Waals surface area contributed by atoms with E-state index >= 15 is 0 Å². The zero-order valence-corrected chi connectivity index (χ0v) is 17.1. The highest BCUT2D eigenvalue weighted by Crippen LogP contribution is 2.37. The number of fused-ring (bicyclic) bond motifs is 3. The van der Waals surface area contributed by atoms with Crippen molar-refractivity contribution in [2.45, 2.75) is 0 Å². The second kappa shape index (κ2) is 6.62. The summed E-state index contributed by atoms with van der Waals surface area (Å²) in [6.45, 7) is 0. The molecule has 5 rings (SSSR count). The Labute approximate surface area is 171 Å². The van der Waals surface area contributed by atoms with Crippen LogP contribution in [0.25, 0.3) is 21.5 Å². The van der Waals surface area contributed by atoms with Gasteiger partial charge in [-0.25, -0.2) is 0 Å². The Bertz CT molecular complexity index is 1150. The highest BCUT2D eigenvalue weighted by molar-refractivity contribution is 6.70. The quantitative estimate of drug-likeness (QED) is 0.390. The number of anilines is 2. The number of hydrogen-bond donors (Lipinski definition) is 0. The van der Waals surface area contributed by atoms with Crippen molar-refractivity contribution in [2.75, 3.05) is 38.0 Å². The van der Waals surface area contributed by atoms with Crippen LogP contribution in [0.15, 0.2) is 66.7 Å². The molecular weight excluding hydrogens is 359 g/mol. The van der Waals surface area contributed by atoms with Crippen LogP contribution in [-0.4, -0.2) is 35.3 Å². The fraction of sp³-hybridized carbons (Fsp3) is 0.167. The standard InChI is InChI=1S/C24H23BN2O2/c1-26(2)18-11-7-9-16-15-17-10-8-12-19(27(3)4)23(17)24(22(16)18)25-28-20-13-5-6-14-21(20)29-25/h5-15H,1-4H3. The van der Waals surface area contributed by atoms with Gasteiger partial charge in [-0.3, -0.25) is 0 Å². The highest BCUT2D eigenvalue weighted by atomic mass is 16.6. The molecule has 0 unspecified atom stereocenters. The van der Waals surface area contributed by atoms with Gasteiger partial charge in [0.05, 0.1) is 0 Å². The summed E-state index contributed by atoms with van der Waals surface area (Å²) < 4.78 is 12.6. The molecular formula is C24H23BN2O2. The third kappa shape index (κ3) is 2.77. The minimum Gasteiger partial charge on any atom is -0.519 e. The third-order valence-electron chi connectivity index (χ3n) is 5.52. The van der Waals surface area contributed by atoms with E-state index in [1.54, 1.807) is 0 Å². The van der Waals surface area contributed by atoms with Gasteiger partial charge in [-0.1, -0.05) is 36.4 Å². The van der Waals surface area contributed by atoms with Crippen molar-refractivity contribution >= 4 is 45.5 Å². The second-order valence-corrected chi connectivity index (χ2v) is 7.84. The van der Waals surface area contributed by atoms with Gasteiger partial charge < -0.3 is 19.1 Å². The van der Waals surface area contributed by atoms with Crippen LogP contribution < -0.4 is 24.6 Å². The first-order valence-electron chi connectivity index (χ1n) is 9.80. The van der Waals surface area contributed by atoms with E-state index in [1.807, 2.05) is 24.3 Å². The van der Waals surface area contributed by atoms with Crippen LogP contribution in [0.4, 0.5) is 11.4 Å². The topological polar surface area (TPSA) is 24.9 Å². The van der Waals surface area contributed by atoms with E-state index in [4.69, 9.17) is 9.31 Å². The van der Waals surface area contributed by atoms with Gasteiger partial charge in [-0.15, -0.1) is 0 Å². The van der Waals surface area contributed by atoms with Crippen LogP contribution in [-0.2, 0) is 0 Å². The molecule has 0 spiro atoms. The van der Waals surface area contributed by atoms with Crippen molar-refractivity contribution in [3.63, 3.8) is 0 Å². The van der Waals surface area contributed by atoms with E-state index in [1.165, 1.54) is 10.8 Å². The molecule has 1 aliphatic rings. The van der Waals surface area contributed by atoms with Crippen LogP contribution in [0.1, 0.15) is 0 Å². The summed E-state index contributed by atoms with van der Waals surface area (Å²) in [5.41, 5.74) is 3.37. The van der Waals surface area contributed by atoms with Crippen LogP contribution >= 0.6 is 0 Å². The molecule has 0 atom stereocenters. The Balaban J connectivity index is 1.89. The molecule has 0 radical (unpaired) electrons. The lowest BCUT2D eigenvalue weighted by Crippen LogP contribution is -2.41. The lowest BCUT2D eigenvalue weighted by molar-refractivity contribution is 0.520. The van der Waals surface area contributed by atoms with E-state index < -0.39 is 7.12 Å². The summed E-state index contributed by atoms with van der Waals surface area (Å²) in [6, 6.07) is 23.0. The molecule has 1 heterocycles. The Kier molecular flexibility index (Phi) is 4.05. The fourth-order valence-corrected chi connectivity index (χ4v) is 4.23. The van der Waals surface area contributed by atoms with Gasteiger partial charge in [0.1, 0.15) is 11.5 Å². The Morgan fingerprint density at radius 1 is 0.621 bits per heavy atom. The first-order valence-corrected chi connectivity index (χ1v) is 9.80. The Hall–Kier alpha value is -3.34. The molecule has 0 saturated heterocycles. The molecule has 29 heavy (non-hydrogen) atoms. The molecule has 4 aromatic rings. The summed E-state index contributed by atoms with van der Waals surface area (Å²) in [5, 5.41) is 4.68. The van der Waals surface area contributed by atoms with Crippen molar-refractivity contribution in [3.05, 3.63) is 66.7 Å². The predicted octanol–water partition coefficient (Wildman–Crippen LogP) is 4.29. The number of para-hydroxylation sites is 2. The number of benzene rings is 4. The monoisotopic (exact) mass is 382 g/mol. The number of hydrogen-bond acceptors (Lipinski definition) is 4. The second-order valence-electron chi connectivity index (χ2n) is 7.84. The maximum atomic E-state index is 6.32. The van der Waals surface area contributed by atoms with Crippen LogP contribution in [0.3, 0.4) is 0 Å². The predicted molar refractivity (Wildman–Crippen MR) is 123 cm³/mol. The summed E-state index contributed by atoms with van der Waals surface area (Å²) >= 11 is 0. The first kappa shape index (κ1) is 17.7. The molecule has 0 aromatic heterocycles. The molecule has 0 aliphatic carbocycles. The largest absolute Gasteiger partial charge is 0.634 e. The van der Waals surface area contributed by atoms with Gasteiger partial charge in [-0.2, -0.15) is 0 Å². The van der Waals surface area contributed by atoms with Gasteiger partial charge in [0, 0.05) is 55.8 Å². The normalized spacial score (nSPS) is 12.6. The Morgan fingerprint density at radius 3 is 1.55 bits per heavy atom. The van der Waals surface area contributed by atoms with E-state index in [9.17, 15) is 0 Å². The van der Waals surface area contributed by atoms with Gasteiger partial charge >= 0.3 is 7.12 Å². The summed E-state index contributed by atoms with van der Waals surface area (Å²) in [5.74, 6) is 1.57. The average Bonchev–Trinajstić information content (AvgIpc) is 3.14. The molecule has 4 aromatic carbocycles. The van der Waals surface area contributed by atoms with Crippen LogP contribution in [0.5, 0.6) is 11.5 Å². The van der Waals surface area contributed by atoms with Crippen molar-refractivity contribution in [1.82, 2.24) is 0 Å². The van der Waals surface area contributed by atoms with E-state index in [-0.39, 0.29) is 0 Å². The molecule has 4 nitrogen and oxygen atoms in total. The Morgan fingerprint density at radius 2 is 1.10 bits per heavy atom. The van der Waals surface area contributed by atoms with E-state index in [0.717, 1.165) is 39.1 Å². The molecule has 5 heteroatoms. The molecule has 0 amide bonds. The number of rotatable bonds is 3. The number of nitrogens with zero attached hydrogens (tertiary/aromatic N) is 2. The lowest BCUT2D eigenvalue weighted by Gasteiger charge is -2.23. The van der Waals surface area contributed by atoms with Crippen molar-refractivity contribution in [3.8, 4) is 11.5 Å². The van der Waals surface area contributed by atoms with Crippen molar-refractivity contribution in [1.29, 1.82) is 0 Å². The molecule has 1 aliphatic heterocycles.